The first kappa shape index (κ1) is 19.3. The smallest absolute Gasteiger partial charge is 0.338 e. The van der Waals surface area contributed by atoms with Crippen LogP contribution in [0.4, 0.5) is 5.69 Å². The van der Waals surface area contributed by atoms with Crippen LogP contribution in [0.1, 0.15) is 33.7 Å². The predicted molar refractivity (Wildman–Crippen MR) is 104 cm³/mol. The molecule has 3 aromatic rings. The fourth-order valence-corrected chi connectivity index (χ4v) is 2.93. The summed E-state index contributed by atoms with van der Waals surface area (Å²) in [6.07, 6.45) is -1.19. The molecule has 0 unspecified atom stereocenters. The summed E-state index contributed by atoms with van der Waals surface area (Å²) in [5, 5.41) is 10.8. The first-order valence-electron chi connectivity index (χ1n) is 8.68. The SMILES string of the molecule is CO[C@H](c1ccccc1)[C@H](OC(=O)c1ccc([N+](=O)[O-])cc1)c1ccccc1. The number of hydrogen-bond acceptors (Lipinski definition) is 5. The fourth-order valence-electron chi connectivity index (χ4n) is 2.93. The number of non-ortho nitro benzene ring substituents is 1. The van der Waals surface area contributed by atoms with E-state index in [4.69, 9.17) is 9.47 Å². The first-order valence-corrected chi connectivity index (χ1v) is 8.68. The summed E-state index contributed by atoms with van der Waals surface area (Å²) in [7, 11) is 1.56. The molecule has 28 heavy (non-hydrogen) atoms. The van der Waals surface area contributed by atoms with Crippen molar-refractivity contribution in [3.05, 3.63) is 112 Å². The van der Waals surface area contributed by atoms with Gasteiger partial charge in [-0.15, -0.1) is 0 Å². The Labute approximate surface area is 162 Å². The molecule has 6 heteroatoms. The van der Waals surface area contributed by atoms with E-state index < -0.39 is 23.1 Å². The molecule has 0 N–H and O–H groups in total. The van der Waals surface area contributed by atoms with Gasteiger partial charge in [0.2, 0.25) is 0 Å². The monoisotopic (exact) mass is 377 g/mol. The molecule has 3 aromatic carbocycles. The Hall–Kier alpha value is -3.51. The number of ether oxygens (including phenoxy) is 2. The molecule has 0 saturated heterocycles. The lowest BCUT2D eigenvalue weighted by molar-refractivity contribution is -0.384. The Morgan fingerprint density at radius 2 is 1.32 bits per heavy atom. The van der Waals surface area contributed by atoms with Gasteiger partial charge < -0.3 is 9.47 Å². The largest absolute Gasteiger partial charge is 0.451 e. The fraction of sp³-hybridized carbons (Fsp3) is 0.136. The molecule has 0 saturated carbocycles. The molecule has 0 heterocycles. The third kappa shape index (κ3) is 4.42. The van der Waals surface area contributed by atoms with E-state index in [-0.39, 0.29) is 11.3 Å². The van der Waals surface area contributed by atoms with Crippen molar-refractivity contribution in [3.8, 4) is 0 Å². The van der Waals surface area contributed by atoms with E-state index in [0.29, 0.717) is 0 Å². The van der Waals surface area contributed by atoms with Crippen molar-refractivity contribution in [2.24, 2.45) is 0 Å². The molecule has 142 valence electrons. The molecule has 0 radical (unpaired) electrons. The van der Waals surface area contributed by atoms with Crippen LogP contribution in [0.3, 0.4) is 0 Å². The van der Waals surface area contributed by atoms with Crippen LogP contribution in [-0.2, 0) is 9.47 Å². The number of esters is 1. The quantitative estimate of drug-likeness (QED) is 0.333. The number of rotatable bonds is 7. The van der Waals surface area contributed by atoms with Crippen LogP contribution in [0.2, 0.25) is 0 Å². The number of carbonyl (C=O) groups is 1. The van der Waals surface area contributed by atoms with Gasteiger partial charge in [0.1, 0.15) is 6.10 Å². The normalized spacial score (nSPS) is 12.8. The van der Waals surface area contributed by atoms with Gasteiger partial charge in [-0.25, -0.2) is 4.79 Å². The van der Waals surface area contributed by atoms with Gasteiger partial charge in [-0.1, -0.05) is 60.7 Å². The van der Waals surface area contributed by atoms with Gasteiger partial charge in [-0.05, 0) is 23.3 Å². The second kappa shape index (κ2) is 8.92. The van der Waals surface area contributed by atoms with Crippen LogP contribution >= 0.6 is 0 Å². The molecule has 0 spiro atoms. The average molecular weight is 377 g/mol. The highest BCUT2D eigenvalue weighted by molar-refractivity contribution is 5.89. The van der Waals surface area contributed by atoms with E-state index in [0.717, 1.165) is 11.1 Å². The van der Waals surface area contributed by atoms with E-state index in [1.807, 2.05) is 60.7 Å². The average Bonchev–Trinajstić information content (AvgIpc) is 2.75. The van der Waals surface area contributed by atoms with E-state index >= 15 is 0 Å². The van der Waals surface area contributed by atoms with E-state index in [1.165, 1.54) is 24.3 Å². The van der Waals surface area contributed by atoms with Crippen LogP contribution in [-0.4, -0.2) is 18.0 Å². The Morgan fingerprint density at radius 1 is 0.821 bits per heavy atom. The summed E-state index contributed by atoms with van der Waals surface area (Å²) in [5.74, 6) is -0.582. The predicted octanol–water partition coefficient (Wildman–Crippen LogP) is 4.88. The van der Waals surface area contributed by atoms with Crippen LogP contribution < -0.4 is 0 Å². The van der Waals surface area contributed by atoms with Gasteiger partial charge in [0.25, 0.3) is 5.69 Å². The van der Waals surface area contributed by atoms with Crippen molar-refractivity contribution in [1.29, 1.82) is 0 Å². The summed E-state index contributed by atoms with van der Waals surface area (Å²) < 4.78 is 11.5. The standard InChI is InChI=1S/C22H19NO5/c1-27-20(16-8-4-2-5-9-16)21(17-10-6-3-7-11-17)28-22(24)18-12-14-19(15-13-18)23(25)26/h2-15,20-21H,1H3/t20-,21-/m1/s1. The summed E-state index contributed by atoms with van der Waals surface area (Å²) in [5.41, 5.74) is 1.80. The minimum atomic E-state index is -0.684. The van der Waals surface area contributed by atoms with Gasteiger partial charge in [-0.3, -0.25) is 10.1 Å². The highest BCUT2D eigenvalue weighted by Gasteiger charge is 2.29. The Morgan fingerprint density at radius 3 is 1.79 bits per heavy atom. The molecule has 0 aliphatic rings. The third-order valence-corrected chi connectivity index (χ3v) is 4.33. The second-order valence-corrected chi connectivity index (χ2v) is 6.11. The summed E-state index contributed by atoms with van der Waals surface area (Å²) in [6, 6.07) is 24.1. The van der Waals surface area contributed by atoms with Crippen molar-refractivity contribution in [1.82, 2.24) is 0 Å². The number of methoxy groups -OCH3 is 1. The number of nitro benzene ring substituents is 1. The van der Waals surface area contributed by atoms with E-state index in [9.17, 15) is 14.9 Å². The van der Waals surface area contributed by atoms with Crippen LogP contribution in [0.25, 0.3) is 0 Å². The van der Waals surface area contributed by atoms with Crippen LogP contribution in [0.5, 0.6) is 0 Å². The van der Waals surface area contributed by atoms with Gasteiger partial charge >= 0.3 is 5.97 Å². The van der Waals surface area contributed by atoms with Gasteiger partial charge in [0.05, 0.1) is 10.5 Å². The minimum Gasteiger partial charge on any atom is -0.451 e. The lowest BCUT2D eigenvalue weighted by Gasteiger charge is -2.27. The third-order valence-electron chi connectivity index (χ3n) is 4.33. The molecule has 0 amide bonds. The Balaban J connectivity index is 1.91. The molecule has 0 aliphatic heterocycles. The zero-order valence-corrected chi connectivity index (χ0v) is 15.2. The van der Waals surface area contributed by atoms with E-state index in [2.05, 4.69) is 0 Å². The van der Waals surface area contributed by atoms with Gasteiger partial charge in [-0.2, -0.15) is 0 Å². The maximum atomic E-state index is 12.7. The zero-order valence-electron chi connectivity index (χ0n) is 15.2. The van der Waals surface area contributed by atoms with Crippen molar-refractivity contribution in [3.63, 3.8) is 0 Å². The molecule has 3 rings (SSSR count). The first-order chi connectivity index (χ1) is 13.6. The topological polar surface area (TPSA) is 78.7 Å². The van der Waals surface area contributed by atoms with Gasteiger partial charge in [0, 0.05) is 19.2 Å². The number of nitro groups is 1. The van der Waals surface area contributed by atoms with Crippen molar-refractivity contribution < 1.29 is 19.2 Å². The van der Waals surface area contributed by atoms with Crippen LogP contribution in [0, 0.1) is 10.1 Å². The second-order valence-electron chi connectivity index (χ2n) is 6.11. The number of hydrogen-bond donors (Lipinski definition) is 0. The van der Waals surface area contributed by atoms with Crippen LogP contribution in [0.15, 0.2) is 84.9 Å². The highest BCUT2D eigenvalue weighted by Crippen LogP contribution is 2.35. The Kier molecular flexibility index (Phi) is 6.14. The van der Waals surface area contributed by atoms with Crippen molar-refractivity contribution in [2.45, 2.75) is 12.2 Å². The highest BCUT2D eigenvalue weighted by atomic mass is 16.6. The van der Waals surface area contributed by atoms with Crippen molar-refractivity contribution >= 4 is 11.7 Å². The lowest BCUT2D eigenvalue weighted by atomic mass is 9.98. The molecule has 2 atom stereocenters. The van der Waals surface area contributed by atoms with Gasteiger partial charge in [0.15, 0.2) is 6.10 Å². The number of nitrogens with zero attached hydrogens (tertiary/aromatic N) is 1. The molecular formula is C22H19NO5. The minimum absolute atomic E-state index is 0.0878. The Bertz CT molecular complexity index is 926. The maximum absolute atomic E-state index is 12.7. The molecule has 0 bridgehead atoms. The number of carbonyl (C=O) groups excluding carboxylic acids is 1. The summed E-state index contributed by atoms with van der Waals surface area (Å²) >= 11 is 0. The molecule has 6 nitrogen and oxygen atoms in total. The van der Waals surface area contributed by atoms with E-state index in [1.54, 1.807) is 7.11 Å². The maximum Gasteiger partial charge on any atom is 0.338 e. The summed E-state index contributed by atoms with van der Waals surface area (Å²) in [4.78, 5) is 23.0. The molecule has 0 aromatic heterocycles. The lowest BCUT2D eigenvalue weighted by Crippen LogP contribution is -2.20. The number of benzene rings is 3. The summed E-state index contributed by atoms with van der Waals surface area (Å²) in [6.45, 7) is 0. The molecule has 0 aliphatic carbocycles. The molecule has 0 fully saturated rings. The van der Waals surface area contributed by atoms with Crippen molar-refractivity contribution in [2.75, 3.05) is 7.11 Å². The molecular weight excluding hydrogens is 358 g/mol. The zero-order chi connectivity index (χ0) is 19.9.